The van der Waals surface area contributed by atoms with E-state index < -0.39 is 0 Å². The van der Waals surface area contributed by atoms with Crippen molar-refractivity contribution >= 4 is 65.4 Å². The van der Waals surface area contributed by atoms with Crippen LogP contribution >= 0.6 is 0 Å². The molecule has 9 aromatic carbocycles. The van der Waals surface area contributed by atoms with Gasteiger partial charge in [-0.3, -0.25) is 0 Å². The number of rotatable bonds is 6. The minimum absolute atomic E-state index is 0.464. The lowest BCUT2D eigenvalue weighted by Gasteiger charge is -2.15. The largest absolute Gasteiger partial charge is 0.438 e. The summed E-state index contributed by atoms with van der Waals surface area (Å²) in [5.41, 5.74) is 11.7. The Balaban J connectivity index is 0.980. The lowest BCUT2D eigenvalue weighted by Crippen LogP contribution is -2.02. The number of pyridine rings is 1. The molecule has 64 heavy (non-hydrogen) atoms. The van der Waals surface area contributed by atoms with Gasteiger partial charge in [0, 0.05) is 38.1 Å². The van der Waals surface area contributed by atoms with Gasteiger partial charge in [0.2, 0.25) is 5.71 Å². The maximum absolute atomic E-state index is 6.24. The smallest absolute Gasteiger partial charge is 0.227 e. The number of benzene rings is 9. The van der Waals surface area contributed by atoms with E-state index in [-0.39, 0.29) is 0 Å². The van der Waals surface area contributed by atoms with E-state index in [1.807, 2.05) is 30.3 Å². The van der Waals surface area contributed by atoms with E-state index in [9.17, 15) is 0 Å². The molecule has 6 nitrogen and oxygen atoms in total. The minimum atomic E-state index is 0.464. The van der Waals surface area contributed by atoms with Gasteiger partial charge in [-0.1, -0.05) is 158 Å². The van der Waals surface area contributed by atoms with Crippen LogP contribution in [0.5, 0.6) is 0 Å². The standard InChI is InChI=1S/C58H35N5O/c1-2-12-36(13-3-1)42-28-32-53-49(35-42)45-18-8-10-20-51(45)63(53)52-33-30-47(43-16-6-7-17-44(43)52)56-60-55(39-25-22-38(23-26-39)41-27-24-37-14-4-5-15-40(37)34-41)61-57(62-56)50-31-29-48-46-19-9-11-21-54(46)64-58(48)59-50/h1-35H. The second kappa shape index (κ2) is 14.4. The van der Waals surface area contributed by atoms with E-state index >= 15 is 0 Å². The molecular formula is C58H35N5O. The van der Waals surface area contributed by atoms with E-state index in [2.05, 4.69) is 187 Å². The highest BCUT2D eigenvalue weighted by molar-refractivity contribution is 6.12. The second-order valence-corrected chi connectivity index (χ2v) is 16.2. The first-order valence-electron chi connectivity index (χ1n) is 21.5. The predicted octanol–water partition coefficient (Wildman–Crippen LogP) is 14.9. The summed E-state index contributed by atoms with van der Waals surface area (Å²) in [7, 11) is 0. The van der Waals surface area contributed by atoms with Crippen LogP contribution in [0.25, 0.3) is 128 Å². The zero-order valence-corrected chi connectivity index (χ0v) is 34.4. The minimum Gasteiger partial charge on any atom is -0.438 e. The van der Waals surface area contributed by atoms with Crippen molar-refractivity contribution in [3.8, 4) is 62.2 Å². The summed E-state index contributed by atoms with van der Waals surface area (Å²) in [6, 6.07) is 74.4. The van der Waals surface area contributed by atoms with E-state index in [1.54, 1.807) is 0 Å². The number of hydrogen-bond donors (Lipinski definition) is 0. The molecule has 6 heteroatoms. The van der Waals surface area contributed by atoms with Crippen molar-refractivity contribution in [1.29, 1.82) is 0 Å². The fraction of sp³-hybridized carbons (Fsp3) is 0. The molecule has 0 unspecified atom stereocenters. The topological polar surface area (TPSA) is 69.6 Å². The van der Waals surface area contributed by atoms with E-state index in [0.29, 0.717) is 28.9 Å². The summed E-state index contributed by atoms with van der Waals surface area (Å²) in [5.74, 6) is 1.58. The first kappa shape index (κ1) is 36.0. The van der Waals surface area contributed by atoms with Crippen molar-refractivity contribution < 1.29 is 4.42 Å². The number of hydrogen-bond acceptors (Lipinski definition) is 5. The normalized spacial score (nSPS) is 11.8. The average Bonchev–Trinajstić information content (AvgIpc) is 3.91. The molecule has 0 fully saturated rings. The first-order chi connectivity index (χ1) is 31.7. The van der Waals surface area contributed by atoms with Gasteiger partial charge in [0.15, 0.2) is 17.5 Å². The van der Waals surface area contributed by atoms with Gasteiger partial charge in [-0.15, -0.1) is 0 Å². The fourth-order valence-corrected chi connectivity index (χ4v) is 9.37. The van der Waals surface area contributed by atoms with Crippen molar-refractivity contribution in [3.05, 3.63) is 212 Å². The van der Waals surface area contributed by atoms with E-state index in [0.717, 1.165) is 66.1 Å². The predicted molar refractivity (Wildman–Crippen MR) is 261 cm³/mol. The molecule has 0 aliphatic heterocycles. The zero-order chi connectivity index (χ0) is 42.1. The molecule has 13 aromatic rings. The third kappa shape index (κ3) is 5.88. The van der Waals surface area contributed by atoms with Gasteiger partial charge < -0.3 is 8.98 Å². The Morgan fingerprint density at radius 3 is 1.83 bits per heavy atom. The van der Waals surface area contributed by atoms with Crippen molar-refractivity contribution in [3.63, 3.8) is 0 Å². The molecule has 4 aromatic heterocycles. The maximum atomic E-state index is 6.24. The molecule has 0 N–H and O–H groups in total. The highest BCUT2D eigenvalue weighted by Crippen LogP contribution is 2.40. The van der Waals surface area contributed by atoms with Crippen LogP contribution in [0.3, 0.4) is 0 Å². The monoisotopic (exact) mass is 817 g/mol. The molecule has 0 bridgehead atoms. The summed E-state index contributed by atoms with van der Waals surface area (Å²) in [5, 5.41) is 8.91. The van der Waals surface area contributed by atoms with Gasteiger partial charge in [0.25, 0.3) is 0 Å². The summed E-state index contributed by atoms with van der Waals surface area (Å²) in [4.78, 5) is 20.6. The molecule has 13 rings (SSSR count). The molecule has 0 saturated carbocycles. The molecule has 0 aliphatic rings. The third-order valence-corrected chi connectivity index (χ3v) is 12.5. The van der Waals surface area contributed by atoms with Gasteiger partial charge in [-0.2, -0.15) is 0 Å². The van der Waals surface area contributed by atoms with Crippen molar-refractivity contribution in [2.75, 3.05) is 0 Å². The highest BCUT2D eigenvalue weighted by Gasteiger charge is 2.20. The van der Waals surface area contributed by atoms with Crippen LogP contribution in [0.4, 0.5) is 0 Å². The van der Waals surface area contributed by atoms with Gasteiger partial charge in [0.05, 0.1) is 16.7 Å². The van der Waals surface area contributed by atoms with Gasteiger partial charge in [-0.05, 0) is 93.0 Å². The van der Waals surface area contributed by atoms with Crippen LogP contribution in [0, 0.1) is 0 Å². The lowest BCUT2D eigenvalue weighted by atomic mass is 10.00. The zero-order valence-electron chi connectivity index (χ0n) is 34.4. The van der Waals surface area contributed by atoms with Crippen LogP contribution in [0.1, 0.15) is 0 Å². The highest BCUT2D eigenvalue weighted by atomic mass is 16.3. The average molecular weight is 818 g/mol. The Morgan fingerprint density at radius 2 is 0.953 bits per heavy atom. The Morgan fingerprint density at radius 1 is 0.328 bits per heavy atom. The molecule has 4 heterocycles. The van der Waals surface area contributed by atoms with E-state index in [4.69, 9.17) is 24.4 Å². The summed E-state index contributed by atoms with van der Waals surface area (Å²) in [6.07, 6.45) is 0. The van der Waals surface area contributed by atoms with Crippen molar-refractivity contribution in [2.24, 2.45) is 0 Å². The van der Waals surface area contributed by atoms with Gasteiger partial charge >= 0.3 is 0 Å². The van der Waals surface area contributed by atoms with Crippen LogP contribution in [-0.4, -0.2) is 24.5 Å². The first-order valence-corrected chi connectivity index (χ1v) is 21.5. The molecule has 0 radical (unpaired) electrons. The number of furan rings is 1. The molecular weight excluding hydrogens is 783 g/mol. The van der Waals surface area contributed by atoms with Crippen LogP contribution in [0.2, 0.25) is 0 Å². The van der Waals surface area contributed by atoms with Crippen LogP contribution < -0.4 is 0 Å². The van der Waals surface area contributed by atoms with Gasteiger partial charge in [0.1, 0.15) is 11.3 Å². The Labute approximate surface area is 367 Å². The van der Waals surface area contributed by atoms with Crippen LogP contribution in [-0.2, 0) is 0 Å². The summed E-state index contributed by atoms with van der Waals surface area (Å²) < 4.78 is 8.63. The quantitative estimate of drug-likeness (QED) is 0.167. The lowest BCUT2D eigenvalue weighted by molar-refractivity contribution is 0.654. The number of para-hydroxylation sites is 2. The Bertz CT molecular complexity index is 3960. The molecule has 0 amide bonds. The number of aromatic nitrogens is 5. The maximum Gasteiger partial charge on any atom is 0.227 e. The molecule has 0 spiro atoms. The van der Waals surface area contributed by atoms with Crippen LogP contribution in [0.15, 0.2) is 217 Å². The van der Waals surface area contributed by atoms with Crippen molar-refractivity contribution in [1.82, 2.24) is 24.5 Å². The number of nitrogens with zero attached hydrogens (tertiary/aromatic N) is 5. The SMILES string of the molecule is c1ccc(-c2ccc3c(c2)c2ccccc2n3-c2ccc(-c3nc(-c4ccc(-c5ccc6ccccc6c5)cc4)nc(-c4ccc5c(n4)oc4ccccc45)n3)c3ccccc23)cc1. The second-order valence-electron chi connectivity index (χ2n) is 16.2. The summed E-state index contributed by atoms with van der Waals surface area (Å²) in [6.45, 7) is 0. The third-order valence-electron chi connectivity index (χ3n) is 12.5. The van der Waals surface area contributed by atoms with Crippen molar-refractivity contribution in [2.45, 2.75) is 0 Å². The molecule has 0 atom stereocenters. The molecule has 0 aliphatic carbocycles. The van der Waals surface area contributed by atoms with Gasteiger partial charge in [-0.25, -0.2) is 19.9 Å². The molecule has 298 valence electrons. The Hall–Kier alpha value is -8.74. The number of fused-ring (bicyclic) bond motifs is 8. The molecule has 0 saturated heterocycles. The van der Waals surface area contributed by atoms with E-state index in [1.165, 1.54) is 32.7 Å². The summed E-state index contributed by atoms with van der Waals surface area (Å²) >= 11 is 0. The fourth-order valence-electron chi connectivity index (χ4n) is 9.37. The Kier molecular flexibility index (Phi) is 8.11.